The van der Waals surface area contributed by atoms with E-state index in [0.29, 0.717) is 13.1 Å². The Kier molecular flexibility index (Phi) is 6.76. The lowest BCUT2D eigenvalue weighted by Crippen LogP contribution is -2.52. The molecule has 2 rings (SSSR count). The first-order valence-corrected chi connectivity index (χ1v) is 7.39. The molecule has 0 aromatic rings. The first-order valence-electron chi connectivity index (χ1n) is 7.39. The van der Waals surface area contributed by atoms with Crippen molar-refractivity contribution < 1.29 is 9.59 Å². The molecule has 20 heavy (non-hydrogen) atoms. The molecule has 2 heterocycles. The molecular weight excluding hydrogens is 278 g/mol. The minimum Gasteiger partial charge on any atom is -0.342 e. The van der Waals surface area contributed by atoms with Gasteiger partial charge in [-0.15, -0.1) is 12.4 Å². The fraction of sp³-hybridized carbons (Fsp3) is 0.857. The van der Waals surface area contributed by atoms with E-state index in [-0.39, 0.29) is 36.2 Å². The van der Waals surface area contributed by atoms with E-state index in [0.717, 1.165) is 45.2 Å². The molecule has 0 aliphatic carbocycles. The van der Waals surface area contributed by atoms with E-state index >= 15 is 0 Å². The fourth-order valence-electron chi connectivity index (χ4n) is 3.23. The van der Waals surface area contributed by atoms with Gasteiger partial charge in [-0.2, -0.15) is 0 Å². The molecule has 0 aromatic carbocycles. The zero-order chi connectivity index (χ0) is 13.8. The van der Waals surface area contributed by atoms with Gasteiger partial charge in [0.05, 0.1) is 5.92 Å². The Morgan fingerprint density at radius 2 is 1.90 bits per heavy atom. The number of hydrogen-bond donors (Lipinski definition) is 1. The first kappa shape index (κ1) is 17.2. The van der Waals surface area contributed by atoms with Gasteiger partial charge in [0.1, 0.15) is 0 Å². The van der Waals surface area contributed by atoms with Crippen LogP contribution in [-0.2, 0) is 9.59 Å². The van der Waals surface area contributed by atoms with Crippen molar-refractivity contribution in [2.24, 2.45) is 11.7 Å². The Bertz CT molecular complexity index is 351. The SMILES string of the molecule is CC(=O)N1CCCC(C(=O)N2CCCCC2CN)C1.Cl. The highest BCUT2D eigenvalue weighted by molar-refractivity contribution is 5.85. The van der Waals surface area contributed by atoms with Crippen molar-refractivity contribution in [2.45, 2.75) is 45.1 Å². The summed E-state index contributed by atoms with van der Waals surface area (Å²) in [5, 5.41) is 0. The molecule has 5 nitrogen and oxygen atoms in total. The van der Waals surface area contributed by atoms with E-state index in [1.807, 2.05) is 4.90 Å². The van der Waals surface area contributed by atoms with E-state index in [4.69, 9.17) is 5.73 Å². The normalized spacial score (nSPS) is 26.9. The molecule has 2 fully saturated rings. The molecule has 2 aliphatic heterocycles. The molecule has 0 radical (unpaired) electrons. The minimum atomic E-state index is -0.0233. The molecule has 2 N–H and O–H groups in total. The molecule has 6 heteroatoms. The average Bonchev–Trinajstić information content (AvgIpc) is 2.46. The van der Waals surface area contributed by atoms with Crippen molar-refractivity contribution >= 4 is 24.2 Å². The lowest BCUT2D eigenvalue weighted by atomic mass is 9.93. The second-order valence-electron chi connectivity index (χ2n) is 5.72. The van der Waals surface area contributed by atoms with Crippen LogP contribution in [-0.4, -0.2) is 53.8 Å². The zero-order valence-electron chi connectivity index (χ0n) is 12.2. The number of hydrogen-bond acceptors (Lipinski definition) is 3. The molecule has 2 unspecified atom stereocenters. The highest BCUT2D eigenvalue weighted by Crippen LogP contribution is 2.23. The molecule has 2 atom stereocenters. The lowest BCUT2D eigenvalue weighted by molar-refractivity contribution is -0.143. The summed E-state index contributed by atoms with van der Waals surface area (Å²) < 4.78 is 0. The van der Waals surface area contributed by atoms with E-state index < -0.39 is 0 Å². The lowest BCUT2D eigenvalue weighted by Gasteiger charge is -2.40. The number of amides is 2. The van der Waals surface area contributed by atoms with Crippen LogP contribution in [0.5, 0.6) is 0 Å². The number of nitrogens with two attached hydrogens (primary N) is 1. The van der Waals surface area contributed by atoms with Crippen LogP contribution in [0.1, 0.15) is 39.0 Å². The van der Waals surface area contributed by atoms with E-state index in [1.165, 1.54) is 0 Å². The molecule has 2 aliphatic rings. The van der Waals surface area contributed by atoms with Crippen LogP contribution in [0.3, 0.4) is 0 Å². The topological polar surface area (TPSA) is 66.6 Å². The largest absolute Gasteiger partial charge is 0.342 e. The van der Waals surface area contributed by atoms with Crippen molar-refractivity contribution in [1.29, 1.82) is 0 Å². The molecule has 2 amide bonds. The Morgan fingerprint density at radius 3 is 2.55 bits per heavy atom. The number of rotatable bonds is 2. The highest BCUT2D eigenvalue weighted by atomic mass is 35.5. The van der Waals surface area contributed by atoms with E-state index in [9.17, 15) is 9.59 Å². The summed E-state index contributed by atoms with van der Waals surface area (Å²) in [4.78, 5) is 27.8. The molecule has 0 aromatic heterocycles. The maximum absolute atomic E-state index is 12.6. The minimum absolute atomic E-state index is 0. The summed E-state index contributed by atoms with van der Waals surface area (Å²) in [6.45, 7) is 4.34. The number of carbonyl (C=O) groups is 2. The van der Waals surface area contributed by atoms with Crippen molar-refractivity contribution in [3.05, 3.63) is 0 Å². The van der Waals surface area contributed by atoms with Gasteiger partial charge >= 0.3 is 0 Å². The van der Waals surface area contributed by atoms with Gasteiger partial charge in [-0.25, -0.2) is 0 Å². The van der Waals surface area contributed by atoms with E-state index in [1.54, 1.807) is 11.8 Å². The second-order valence-corrected chi connectivity index (χ2v) is 5.72. The number of piperidine rings is 2. The second kappa shape index (κ2) is 7.84. The monoisotopic (exact) mass is 303 g/mol. The van der Waals surface area contributed by atoms with Crippen molar-refractivity contribution in [1.82, 2.24) is 9.80 Å². The molecule has 0 spiro atoms. The van der Waals surface area contributed by atoms with Crippen LogP contribution < -0.4 is 5.73 Å². The predicted octanol–water partition coefficient (Wildman–Crippen LogP) is 1.01. The van der Waals surface area contributed by atoms with Crippen LogP contribution >= 0.6 is 12.4 Å². The number of halogens is 1. The zero-order valence-corrected chi connectivity index (χ0v) is 13.0. The summed E-state index contributed by atoms with van der Waals surface area (Å²) in [6.07, 6.45) is 5.08. The summed E-state index contributed by atoms with van der Waals surface area (Å²) >= 11 is 0. The Hall–Kier alpha value is -0.810. The summed E-state index contributed by atoms with van der Waals surface area (Å²) in [7, 11) is 0. The van der Waals surface area contributed by atoms with Crippen molar-refractivity contribution in [3.8, 4) is 0 Å². The molecule has 116 valence electrons. The average molecular weight is 304 g/mol. The maximum atomic E-state index is 12.6. The Labute approximate surface area is 127 Å². The van der Waals surface area contributed by atoms with E-state index in [2.05, 4.69) is 0 Å². The van der Waals surface area contributed by atoms with Crippen molar-refractivity contribution in [3.63, 3.8) is 0 Å². The maximum Gasteiger partial charge on any atom is 0.227 e. The van der Waals surface area contributed by atoms with Crippen LogP contribution in [0.2, 0.25) is 0 Å². The van der Waals surface area contributed by atoms with Gasteiger partial charge in [-0.05, 0) is 32.1 Å². The summed E-state index contributed by atoms with van der Waals surface area (Å²) in [6, 6.07) is 0.203. The Balaban J connectivity index is 0.00000200. The summed E-state index contributed by atoms with van der Waals surface area (Å²) in [5.41, 5.74) is 5.78. The van der Waals surface area contributed by atoms with Gasteiger partial charge in [0.2, 0.25) is 11.8 Å². The first-order chi connectivity index (χ1) is 9.13. The van der Waals surface area contributed by atoms with Gasteiger partial charge in [0, 0.05) is 39.1 Å². The number of likely N-dealkylation sites (tertiary alicyclic amines) is 2. The van der Waals surface area contributed by atoms with Crippen LogP contribution in [0, 0.1) is 5.92 Å². The summed E-state index contributed by atoms with van der Waals surface area (Å²) in [5.74, 6) is 0.261. The van der Waals surface area contributed by atoms with Crippen LogP contribution in [0.4, 0.5) is 0 Å². The van der Waals surface area contributed by atoms with Crippen molar-refractivity contribution in [2.75, 3.05) is 26.2 Å². The van der Waals surface area contributed by atoms with Crippen LogP contribution in [0.25, 0.3) is 0 Å². The standard InChI is InChI=1S/C14H25N3O2.ClH/c1-11(18)16-7-4-5-12(10-16)14(19)17-8-3-2-6-13(17)9-15;/h12-13H,2-10,15H2,1H3;1H. The predicted molar refractivity (Wildman–Crippen MR) is 80.6 cm³/mol. The molecule has 2 saturated heterocycles. The third-order valence-electron chi connectivity index (χ3n) is 4.40. The van der Waals surface area contributed by atoms with Gasteiger partial charge in [-0.1, -0.05) is 0 Å². The van der Waals surface area contributed by atoms with Gasteiger partial charge in [-0.3, -0.25) is 9.59 Å². The van der Waals surface area contributed by atoms with Crippen LogP contribution in [0.15, 0.2) is 0 Å². The fourth-order valence-corrected chi connectivity index (χ4v) is 3.23. The third kappa shape index (κ3) is 3.85. The third-order valence-corrected chi connectivity index (χ3v) is 4.40. The smallest absolute Gasteiger partial charge is 0.227 e. The van der Waals surface area contributed by atoms with Gasteiger partial charge in [0.25, 0.3) is 0 Å². The number of carbonyl (C=O) groups excluding carboxylic acids is 2. The number of nitrogens with zero attached hydrogens (tertiary/aromatic N) is 2. The van der Waals surface area contributed by atoms with Gasteiger partial charge in [0.15, 0.2) is 0 Å². The molecule has 0 saturated carbocycles. The van der Waals surface area contributed by atoms with Gasteiger partial charge < -0.3 is 15.5 Å². The molecule has 0 bridgehead atoms. The molecular formula is C14H26ClN3O2. The Morgan fingerprint density at radius 1 is 1.15 bits per heavy atom. The quantitative estimate of drug-likeness (QED) is 0.828. The highest BCUT2D eigenvalue weighted by Gasteiger charge is 2.33.